The molecular formula is C17H22O4. The second kappa shape index (κ2) is 6.29. The monoisotopic (exact) mass is 290 g/mol. The number of carbonyl (C=O) groups excluding carboxylic acids is 2. The van der Waals surface area contributed by atoms with E-state index >= 15 is 0 Å². The number of ether oxygens (including phenoxy) is 2. The molecule has 1 fully saturated rings. The maximum absolute atomic E-state index is 11.9. The van der Waals surface area contributed by atoms with E-state index in [-0.39, 0.29) is 18.0 Å². The molecule has 0 aromatic heterocycles. The molecule has 0 saturated carbocycles. The molecule has 0 bridgehead atoms. The molecule has 2 rings (SSSR count). The van der Waals surface area contributed by atoms with E-state index in [1.807, 2.05) is 19.9 Å². The minimum atomic E-state index is -0.412. The average Bonchev–Trinajstić information content (AvgIpc) is 2.62. The van der Waals surface area contributed by atoms with Gasteiger partial charge in [0.1, 0.15) is 12.2 Å². The zero-order valence-electron chi connectivity index (χ0n) is 12.8. The largest absolute Gasteiger partial charge is 0.461 e. The van der Waals surface area contributed by atoms with Crippen LogP contribution in [-0.2, 0) is 19.1 Å². The summed E-state index contributed by atoms with van der Waals surface area (Å²) in [7, 11) is 0. The smallest absolute Gasteiger partial charge is 0.334 e. The van der Waals surface area contributed by atoms with E-state index in [1.165, 1.54) is 12.5 Å². The van der Waals surface area contributed by atoms with Crippen molar-refractivity contribution in [3.8, 4) is 0 Å². The van der Waals surface area contributed by atoms with E-state index in [1.54, 1.807) is 0 Å². The van der Waals surface area contributed by atoms with Crippen molar-refractivity contribution >= 4 is 11.9 Å². The first kappa shape index (κ1) is 15.5. The molecule has 0 amide bonds. The number of carbonyl (C=O) groups is 2. The van der Waals surface area contributed by atoms with E-state index < -0.39 is 12.1 Å². The van der Waals surface area contributed by atoms with E-state index in [0.717, 1.165) is 18.4 Å². The summed E-state index contributed by atoms with van der Waals surface area (Å²) in [5.41, 5.74) is 2.71. The molecule has 0 spiro atoms. The van der Waals surface area contributed by atoms with Gasteiger partial charge in [-0.1, -0.05) is 23.8 Å². The topological polar surface area (TPSA) is 52.6 Å². The Labute approximate surface area is 125 Å². The Morgan fingerprint density at radius 1 is 1.38 bits per heavy atom. The van der Waals surface area contributed by atoms with Crippen molar-refractivity contribution in [2.75, 3.05) is 0 Å². The Kier molecular flexibility index (Phi) is 4.66. The molecular weight excluding hydrogens is 268 g/mol. The van der Waals surface area contributed by atoms with Crippen LogP contribution in [0.5, 0.6) is 0 Å². The first-order chi connectivity index (χ1) is 9.88. The normalized spacial score (nSPS) is 30.0. The van der Waals surface area contributed by atoms with Crippen molar-refractivity contribution in [2.24, 2.45) is 5.92 Å². The highest BCUT2D eigenvalue weighted by Gasteiger charge is 2.44. The lowest BCUT2D eigenvalue weighted by molar-refractivity contribution is -0.149. The maximum Gasteiger partial charge on any atom is 0.334 e. The van der Waals surface area contributed by atoms with Crippen LogP contribution in [0.4, 0.5) is 0 Å². The Morgan fingerprint density at radius 2 is 2.10 bits per heavy atom. The van der Waals surface area contributed by atoms with Crippen LogP contribution in [0.3, 0.4) is 0 Å². The quantitative estimate of drug-likeness (QED) is 0.423. The molecule has 3 atom stereocenters. The van der Waals surface area contributed by atoms with Crippen LogP contribution in [-0.4, -0.2) is 24.1 Å². The second-order valence-corrected chi connectivity index (χ2v) is 5.88. The minimum Gasteiger partial charge on any atom is -0.461 e. The summed E-state index contributed by atoms with van der Waals surface area (Å²) in [6.45, 7) is 9.27. The van der Waals surface area contributed by atoms with Crippen LogP contribution >= 0.6 is 0 Å². The standard InChI is InChI=1S/C17H22O4/c1-10-6-5-7-11(2)9-15-16(12(3)17(19)21-15)14(8-10)20-13(4)18/h6,9,14-16H,3,5,7-8H2,1-2,4H3/t14-,15+,16+/m0/s1. The van der Waals surface area contributed by atoms with Crippen LogP contribution in [0.2, 0.25) is 0 Å². The van der Waals surface area contributed by atoms with Gasteiger partial charge in [0.25, 0.3) is 0 Å². The maximum atomic E-state index is 11.9. The van der Waals surface area contributed by atoms with Crippen molar-refractivity contribution in [3.63, 3.8) is 0 Å². The first-order valence-corrected chi connectivity index (χ1v) is 7.28. The lowest BCUT2D eigenvalue weighted by Crippen LogP contribution is -2.32. The van der Waals surface area contributed by atoms with Crippen LogP contribution in [0.25, 0.3) is 0 Å². The second-order valence-electron chi connectivity index (χ2n) is 5.88. The predicted octanol–water partition coefficient (Wildman–Crippen LogP) is 3.09. The van der Waals surface area contributed by atoms with E-state index in [4.69, 9.17) is 9.47 Å². The summed E-state index contributed by atoms with van der Waals surface area (Å²) in [6.07, 6.45) is 5.80. The van der Waals surface area contributed by atoms with Crippen LogP contribution in [0.1, 0.15) is 40.0 Å². The van der Waals surface area contributed by atoms with Gasteiger partial charge in [0.15, 0.2) is 0 Å². The van der Waals surface area contributed by atoms with Crippen LogP contribution in [0, 0.1) is 5.92 Å². The highest BCUT2D eigenvalue weighted by molar-refractivity contribution is 5.91. The van der Waals surface area contributed by atoms with Crippen LogP contribution in [0.15, 0.2) is 35.5 Å². The third kappa shape index (κ3) is 3.63. The number of fused-ring (bicyclic) bond motifs is 1. The first-order valence-electron chi connectivity index (χ1n) is 7.28. The molecule has 1 aliphatic heterocycles. The number of hydrogen-bond acceptors (Lipinski definition) is 4. The third-order valence-corrected chi connectivity index (χ3v) is 3.98. The Hall–Kier alpha value is -1.84. The highest BCUT2D eigenvalue weighted by atomic mass is 16.6. The van der Waals surface area contributed by atoms with Gasteiger partial charge >= 0.3 is 11.9 Å². The average molecular weight is 290 g/mol. The summed E-state index contributed by atoms with van der Waals surface area (Å²) in [5.74, 6) is -1.05. The van der Waals surface area contributed by atoms with Gasteiger partial charge < -0.3 is 9.47 Å². The fourth-order valence-electron chi connectivity index (χ4n) is 2.95. The zero-order valence-corrected chi connectivity index (χ0v) is 12.8. The molecule has 0 aromatic carbocycles. The number of rotatable bonds is 1. The Balaban J connectivity index is 2.39. The van der Waals surface area contributed by atoms with E-state index in [9.17, 15) is 9.59 Å². The summed E-state index contributed by atoms with van der Waals surface area (Å²) in [5, 5.41) is 0. The Bertz CT molecular complexity index is 527. The molecule has 4 heteroatoms. The van der Waals surface area contributed by atoms with Gasteiger partial charge in [-0.3, -0.25) is 4.79 Å². The summed E-state index contributed by atoms with van der Waals surface area (Å²) >= 11 is 0. The molecule has 0 unspecified atom stereocenters. The summed E-state index contributed by atoms with van der Waals surface area (Å²) < 4.78 is 10.9. The van der Waals surface area contributed by atoms with Crippen LogP contribution < -0.4 is 0 Å². The fourth-order valence-corrected chi connectivity index (χ4v) is 2.95. The number of esters is 2. The van der Waals surface area contributed by atoms with Crippen molar-refractivity contribution in [2.45, 2.75) is 52.2 Å². The molecule has 4 nitrogen and oxygen atoms in total. The predicted molar refractivity (Wildman–Crippen MR) is 79.4 cm³/mol. The number of hydrogen-bond donors (Lipinski definition) is 0. The van der Waals surface area contributed by atoms with Gasteiger partial charge in [-0.05, 0) is 32.8 Å². The molecule has 114 valence electrons. The molecule has 1 heterocycles. The van der Waals surface area contributed by atoms with Gasteiger partial charge in [-0.15, -0.1) is 0 Å². The molecule has 21 heavy (non-hydrogen) atoms. The Morgan fingerprint density at radius 3 is 2.76 bits per heavy atom. The molecule has 0 aromatic rings. The molecule has 2 aliphatic rings. The van der Waals surface area contributed by atoms with Crippen molar-refractivity contribution in [1.82, 2.24) is 0 Å². The van der Waals surface area contributed by atoms with Crippen molar-refractivity contribution < 1.29 is 19.1 Å². The van der Waals surface area contributed by atoms with Crippen molar-refractivity contribution in [3.05, 3.63) is 35.5 Å². The van der Waals surface area contributed by atoms with E-state index in [2.05, 4.69) is 12.7 Å². The summed E-state index contributed by atoms with van der Waals surface area (Å²) in [6, 6.07) is 0. The van der Waals surface area contributed by atoms with E-state index in [0.29, 0.717) is 12.0 Å². The number of allylic oxidation sites excluding steroid dienone is 2. The molecule has 0 radical (unpaired) electrons. The highest BCUT2D eigenvalue weighted by Crippen LogP contribution is 2.36. The van der Waals surface area contributed by atoms with Gasteiger partial charge in [0.05, 0.1) is 5.92 Å². The van der Waals surface area contributed by atoms with Crippen molar-refractivity contribution in [1.29, 1.82) is 0 Å². The lowest BCUT2D eigenvalue weighted by atomic mass is 9.85. The molecule has 1 aliphatic carbocycles. The third-order valence-electron chi connectivity index (χ3n) is 3.98. The van der Waals surface area contributed by atoms with Gasteiger partial charge in [-0.25, -0.2) is 4.79 Å². The zero-order chi connectivity index (χ0) is 15.6. The fraction of sp³-hybridized carbons (Fsp3) is 0.529. The minimum absolute atomic E-state index is 0.308. The molecule has 1 saturated heterocycles. The summed E-state index contributed by atoms with van der Waals surface area (Å²) in [4.78, 5) is 23.2. The van der Waals surface area contributed by atoms with Gasteiger partial charge in [0.2, 0.25) is 0 Å². The SMILES string of the molecule is C=C1C(=O)O[C@@H]2C=C(C)CCC=C(C)C[C@H](OC(C)=O)[C@@H]12. The van der Waals surface area contributed by atoms with Gasteiger partial charge in [-0.2, -0.15) is 0 Å². The van der Waals surface area contributed by atoms with Gasteiger partial charge in [0, 0.05) is 18.9 Å². The lowest BCUT2D eigenvalue weighted by Gasteiger charge is -2.26. The molecule has 0 N–H and O–H groups in total.